The molecule has 1 N–H and O–H groups in total. The fourth-order valence-corrected chi connectivity index (χ4v) is 1.68. The minimum atomic E-state index is -4.33. The van der Waals surface area contributed by atoms with Gasteiger partial charge < -0.3 is 5.32 Å². The topological polar surface area (TPSA) is 12.0 Å². The first-order chi connectivity index (χ1) is 6.82. The van der Waals surface area contributed by atoms with Gasteiger partial charge in [-0.15, -0.1) is 0 Å². The predicted octanol–water partition coefficient (Wildman–Crippen LogP) is 4.29. The molecule has 0 unspecified atom stereocenters. The van der Waals surface area contributed by atoms with Crippen LogP contribution in [0.25, 0.3) is 0 Å². The lowest BCUT2D eigenvalue weighted by atomic mass is 10.1. The first kappa shape index (κ1) is 12.4. The van der Waals surface area contributed by atoms with Gasteiger partial charge in [0.1, 0.15) is 0 Å². The number of nitrogens with one attached hydrogen (secondary N) is 1. The van der Waals surface area contributed by atoms with E-state index < -0.39 is 11.7 Å². The maximum Gasteiger partial charge on any atom is 0.418 e. The molecule has 0 aliphatic heterocycles. The van der Waals surface area contributed by atoms with Crippen LogP contribution < -0.4 is 5.32 Å². The number of para-hydroxylation sites is 1. The molecule has 0 aliphatic carbocycles. The Labute approximate surface area is 94.8 Å². The standard InChI is InChI=1S/C10H11BrF3N/c1-6(2)15-9-7(10(12,13)14)4-3-5-8(9)11/h3-6,15H,1-2H3. The molecule has 0 radical (unpaired) electrons. The summed E-state index contributed by atoms with van der Waals surface area (Å²) in [6.07, 6.45) is -4.33. The van der Waals surface area contributed by atoms with Gasteiger partial charge in [-0.2, -0.15) is 13.2 Å². The van der Waals surface area contributed by atoms with E-state index in [2.05, 4.69) is 21.2 Å². The number of benzene rings is 1. The number of hydrogen-bond donors (Lipinski definition) is 1. The van der Waals surface area contributed by atoms with Gasteiger partial charge in [0.05, 0.1) is 11.3 Å². The van der Waals surface area contributed by atoms with E-state index >= 15 is 0 Å². The molecule has 0 amide bonds. The second-order valence-electron chi connectivity index (χ2n) is 3.46. The van der Waals surface area contributed by atoms with E-state index in [1.54, 1.807) is 19.9 Å². The lowest BCUT2D eigenvalue weighted by Crippen LogP contribution is -2.16. The Bertz CT molecular complexity index is 347. The second kappa shape index (κ2) is 4.43. The lowest BCUT2D eigenvalue weighted by Gasteiger charge is -2.18. The van der Waals surface area contributed by atoms with Crippen molar-refractivity contribution in [1.82, 2.24) is 0 Å². The predicted molar refractivity (Wildman–Crippen MR) is 57.9 cm³/mol. The summed E-state index contributed by atoms with van der Waals surface area (Å²) in [6.45, 7) is 3.58. The van der Waals surface area contributed by atoms with Crippen molar-refractivity contribution >= 4 is 21.6 Å². The second-order valence-corrected chi connectivity index (χ2v) is 4.31. The summed E-state index contributed by atoms with van der Waals surface area (Å²) in [7, 11) is 0. The number of halogens is 4. The van der Waals surface area contributed by atoms with Gasteiger partial charge in [-0.05, 0) is 41.9 Å². The fourth-order valence-electron chi connectivity index (χ4n) is 1.20. The Hall–Kier alpha value is -0.710. The van der Waals surface area contributed by atoms with Crippen LogP contribution in [0.3, 0.4) is 0 Å². The van der Waals surface area contributed by atoms with Crippen LogP contribution in [0.4, 0.5) is 18.9 Å². The van der Waals surface area contributed by atoms with Gasteiger partial charge in [-0.1, -0.05) is 6.07 Å². The van der Waals surface area contributed by atoms with Crippen molar-refractivity contribution in [2.75, 3.05) is 5.32 Å². The molecular formula is C10H11BrF3N. The van der Waals surface area contributed by atoms with Crippen LogP contribution in [0, 0.1) is 0 Å². The highest BCUT2D eigenvalue weighted by Gasteiger charge is 2.34. The molecule has 0 atom stereocenters. The van der Waals surface area contributed by atoms with Crippen LogP contribution in [0.15, 0.2) is 22.7 Å². The number of rotatable bonds is 2. The van der Waals surface area contributed by atoms with Crippen LogP contribution in [-0.2, 0) is 6.18 Å². The SMILES string of the molecule is CC(C)Nc1c(Br)cccc1C(F)(F)F. The van der Waals surface area contributed by atoms with Gasteiger partial charge in [0.15, 0.2) is 0 Å². The summed E-state index contributed by atoms with van der Waals surface area (Å²) in [5.74, 6) is 0. The first-order valence-electron chi connectivity index (χ1n) is 4.44. The number of hydrogen-bond acceptors (Lipinski definition) is 1. The molecule has 1 aromatic carbocycles. The minimum absolute atomic E-state index is 0.0511. The summed E-state index contributed by atoms with van der Waals surface area (Å²) >= 11 is 3.11. The molecule has 84 valence electrons. The minimum Gasteiger partial charge on any atom is -0.381 e. The number of alkyl halides is 3. The molecule has 0 fully saturated rings. The highest BCUT2D eigenvalue weighted by atomic mass is 79.9. The maximum atomic E-state index is 12.6. The van der Waals surface area contributed by atoms with Crippen molar-refractivity contribution in [3.63, 3.8) is 0 Å². The molecule has 1 aromatic rings. The molecule has 0 heterocycles. The first-order valence-corrected chi connectivity index (χ1v) is 5.24. The Kier molecular flexibility index (Phi) is 3.65. The van der Waals surface area contributed by atoms with Crippen LogP contribution in [0.1, 0.15) is 19.4 Å². The normalized spacial score (nSPS) is 11.9. The molecule has 0 spiro atoms. The van der Waals surface area contributed by atoms with Crippen molar-refractivity contribution in [2.24, 2.45) is 0 Å². The van der Waals surface area contributed by atoms with E-state index in [-0.39, 0.29) is 11.7 Å². The van der Waals surface area contributed by atoms with E-state index in [1.807, 2.05) is 0 Å². The van der Waals surface area contributed by atoms with Crippen molar-refractivity contribution < 1.29 is 13.2 Å². The third kappa shape index (κ3) is 3.12. The highest BCUT2D eigenvalue weighted by Crippen LogP contribution is 2.38. The summed E-state index contributed by atoms with van der Waals surface area (Å²) in [5.41, 5.74) is -0.550. The van der Waals surface area contributed by atoms with Crippen LogP contribution >= 0.6 is 15.9 Å². The average molecular weight is 282 g/mol. The van der Waals surface area contributed by atoms with E-state index in [1.165, 1.54) is 6.07 Å². The zero-order valence-electron chi connectivity index (χ0n) is 8.32. The van der Waals surface area contributed by atoms with E-state index in [9.17, 15) is 13.2 Å². The van der Waals surface area contributed by atoms with Crippen molar-refractivity contribution in [3.8, 4) is 0 Å². The van der Waals surface area contributed by atoms with E-state index in [0.29, 0.717) is 4.47 Å². The molecule has 0 aromatic heterocycles. The smallest absolute Gasteiger partial charge is 0.381 e. The van der Waals surface area contributed by atoms with Gasteiger partial charge in [0.2, 0.25) is 0 Å². The average Bonchev–Trinajstić information content (AvgIpc) is 2.05. The molecule has 1 nitrogen and oxygen atoms in total. The molecule has 5 heteroatoms. The molecule has 0 saturated heterocycles. The Morgan fingerprint density at radius 3 is 2.33 bits per heavy atom. The quantitative estimate of drug-likeness (QED) is 0.853. The Morgan fingerprint density at radius 1 is 1.27 bits per heavy atom. The summed E-state index contributed by atoms with van der Waals surface area (Å²) in [5, 5.41) is 2.78. The van der Waals surface area contributed by atoms with Gasteiger partial charge in [0.25, 0.3) is 0 Å². The van der Waals surface area contributed by atoms with E-state index in [4.69, 9.17) is 0 Å². The molecule has 0 saturated carbocycles. The van der Waals surface area contributed by atoms with Gasteiger partial charge in [-0.3, -0.25) is 0 Å². The highest BCUT2D eigenvalue weighted by molar-refractivity contribution is 9.10. The van der Waals surface area contributed by atoms with Crippen molar-refractivity contribution in [3.05, 3.63) is 28.2 Å². The van der Waals surface area contributed by atoms with Crippen molar-refractivity contribution in [1.29, 1.82) is 0 Å². The Morgan fingerprint density at radius 2 is 1.87 bits per heavy atom. The third-order valence-electron chi connectivity index (χ3n) is 1.75. The monoisotopic (exact) mass is 281 g/mol. The third-order valence-corrected chi connectivity index (χ3v) is 2.41. The van der Waals surface area contributed by atoms with Gasteiger partial charge in [0, 0.05) is 10.5 Å². The fraction of sp³-hybridized carbons (Fsp3) is 0.400. The van der Waals surface area contributed by atoms with Crippen LogP contribution in [-0.4, -0.2) is 6.04 Å². The lowest BCUT2D eigenvalue weighted by molar-refractivity contribution is -0.137. The zero-order chi connectivity index (χ0) is 11.6. The molecule has 1 rings (SSSR count). The van der Waals surface area contributed by atoms with E-state index in [0.717, 1.165) is 6.07 Å². The Balaban J connectivity index is 3.21. The van der Waals surface area contributed by atoms with Crippen molar-refractivity contribution in [2.45, 2.75) is 26.1 Å². The summed E-state index contributed by atoms with van der Waals surface area (Å²) in [6, 6.07) is 3.97. The molecular weight excluding hydrogens is 271 g/mol. The zero-order valence-corrected chi connectivity index (χ0v) is 9.91. The molecule has 0 bridgehead atoms. The van der Waals surface area contributed by atoms with Gasteiger partial charge >= 0.3 is 6.18 Å². The molecule has 15 heavy (non-hydrogen) atoms. The number of anilines is 1. The largest absolute Gasteiger partial charge is 0.418 e. The summed E-state index contributed by atoms with van der Waals surface area (Å²) in [4.78, 5) is 0. The molecule has 0 aliphatic rings. The summed E-state index contributed by atoms with van der Waals surface area (Å²) < 4.78 is 38.3. The maximum absolute atomic E-state index is 12.6. The van der Waals surface area contributed by atoms with Crippen LogP contribution in [0.2, 0.25) is 0 Å². The van der Waals surface area contributed by atoms with Gasteiger partial charge in [-0.25, -0.2) is 0 Å². The van der Waals surface area contributed by atoms with Crippen LogP contribution in [0.5, 0.6) is 0 Å².